The van der Waals surface area contributed by atoms with E-state index in [1.807, 2.05) is 12.1 Å². The number of aryl methyl sites for hydroxylation is 1. The highest BCUT2D eigenvalue weighted by Gasteiger charge is 2.31. The molecule has 12 heteroatoms. The zero-order valence-corrected chi connectivity index (χ0v) is 22.7. The Hall–Kier alpha value is -2.99. The van der Waals surface area contributed by atoms with Crippen molar-refractivity contribution in [1.82, 2.24) is 20.1 Å². The van der Waals surface area contributed by atoms with Crippen LogP contribution in [0.2, 0.25) is 0 Å². The Labute approximate surface area is 226 Å². The predicted molar refractivity (Wildman–Crippen MR) is 143 cm³/mol. The fourth-order valence-electron chi connectivity index (χ4n) is 4.80. The average Bonchev–Trinajstić information content (AvgIpc) is 3.61. The molecule has 0 radical (unpaired) electrons. The van der Waals surface area contributed by atoms with E-state index < -0.39 is 12.2 Å². The van der Waals surface area contributed by atoms with Gasteiger partial charge in [-0.05, 0) is 65.7 Å². The van der Waals surface area contributed by atoms with Gasteiger partial charge in [-0.1, -0.05) is 0 Å². The van der Waals surface area contributed by atoms with Crippen LogP contribution in [0, 0.1) is 5.92 Å². The first kappa shape index (κ1) is 25.7. The summed E-state index contributed by atoms with van der Waals surface area (Å²) >= 11 is 4.85. The third kappa shape index (κ3) is 6.30. The van der Waals surface area contributed by atoms with Crippen LogP contribution in [0.15, 0.2) is 41.3 Å². The quantitative estimate of drug-likeness (QED) is 0.405. The van der Waals surface area contributed by atoms with E-state index in [2.05, 4.69) is 41.5 Å². The molecule has 0 saturated heterocycles. The molecule has 3 atom stereocenters. The molecule has 1 fully saturated rings. The normalized spacial score (nSPS) is 19.7. The van der Waals surface area contributed by atoms with Crippen LogP contribution in [0.3, 0.4) is 0 Å². The molecule has 2 N–H and O–H groups in total. The summed E-state index contributed by atoms with van der Waals surface area (Å²) in [5.41, 5.74) is 1.45. The van der Waals surface area contributed by atoms with Crippen LogP contribution >= 0.6 is 27.3 Å². The molecule has 0 spiro atoms. The smallest absolute Gasteiger partial charge is 0.262 e. The first-order valence-corrected chi connectivity index (χ1v) is 13.8. The summed E-state index contributed by atoms with van der Waals surface area (Å²) in [5.74, 6) is -0.00495. The third-order valence-electron chi connectivity index (χ3n) is 6.61. The number of thiophene rings is 1. The maximum atomic E-state index is 13.8. The van der Waals surface area contributed by atoms with Crippen molar-refractivity contribution in [3.63, 3.8) is 0 Å². The van der Waals surface area contributed by atoms with Crippen LogP contribution in [-0.4, -0.2) is 51.9 Å². The van der Waals surface area contributed by atoms with Crippen molar-refractivity contribution in [2.24, 2.45) is 13.0 Å². The molecule has 37 heavy (non-hydrogen) atoms. The second-order valence-corrected chi connectivity index (χ2v) is 11.5. The number of carbonyl (C=O) groups is 2. The van der Waals surface area contributed by atoms with E-state index in [0.717, 1.165) is 15.0 Å². The summed E-state index contributed by atoms with van der Waals surface area (Å²) in [7, 11) is 1.76. The molecule has 1 unspecified atom stereocenters. The molecule has 4 heterocycles. The standard InChI is InChI=1S/C25H28BrFN6O3S/c1-32-13-18(12-29-32)30-23(34)20(9-15-2-3-17(27)8-15)31-24(35)22-5-4-19(37-22)14-33-6-7-36-25-21(33)10-16(26)11-28-25/h4-5,10-13,15,17,20H,2-3,6-9,14H2,1H3,(H,30,34)(H,31,35)/t15-,17?,20+/m1/s1. The van der Waals surface area contributed by atoms with Crippen LogP contribution in [0.1, 0.15) is 40.2 Å². The molecular weight excluding hydrogens is 563 g/mol. The summed E-state index contributed by atoms with van der Waals surface area (Å²) in [6, 6.07) is 4.90. The Morgan fingerprint density at radius 1 is 1.32 bits per heavy atom. The zero-order chi connectivity index (χ0) is 25.9. The number of anilines is 2. The lowest BCUT2D eigenvalue weighted by molar-refractivity contribution is -0.118. The summed E-state index contributed by atoms with van der Waals surface area (Å²) < 4.78 is 21.9. The van der Waals surface area contributed by atoms with Gasteiger partial charge in [-0.15, -0.1) is 11.3 Å². The lowest BCUT2D eigenvalue weighted by Gasteiger charge is -2.30. The maximum Gasteiger partial charge on any atom is 0.262 e. The topological polar surface area (TPSA) is 101 Å². The molecule has 3 aromatic heterocycles. The van der Waals surface area contributed by atoms with Crippen LogP contribution in [0.4, 0.5) is 15.8 Å². The number of alkyl halides is 1. The number of nitrogens with one attached hydrogen (secondary N) is 2. The largest absolute Gasteiger partial charge is 0.474 e. The second-order valence-electron chi connectivity index (χ2n) is 9.44. The molecule has 2 aliphatic rings. The molecule has 5 rings (SSSR count). The van der Waals surface area contributed by atoms with Crippen LogP contribution in [0.5, 0.6) is 5.88 Å². The Kier molecular flexibility index (Phi) is 7.75. The van der Waals surface area contributed by atoms with Crippen molar-refractivity contribution in [3.8, 4) is 5.88 Å². The van der Waals surface area contributed by atoms with E-state index in [-0.39, 0.29) is 17.7 Å². The number of amides is 2. The minimum absolute atomic E-state index is 0.0492. The highest BCUT2D eigenvalue weighted by molar-refractivity contribution is 9.10. The lowest BCUT2D eigenvalue weighted by atomic mass is 9.97. The molecule has 1 aliphatic carbocycles. The van der Waals surface area contributed by atoms with Crippen LogP contribution < -0.4 is 20.3 Å². The number of fused-ring (bicyclic) bond motifs is 1. The second kappa shape index (κ2) is 11.2. The summed E-state index contributed by atoms with van der Waals surface area (Å²) in [4.78, 5) is 34.3. The van der Waals surface area contributed by atoms with Crippen LogP contribution in [-0.2, 0) is 18.4 Å². The van der Waals surface area contributed by atoms with Crippen molar-refractivity contribution < 1.29 is 18.7 Å². The van der Waals surface area contributed by atoms with Gasteiger partial charge >= 0.3 is 0 Å². The summed E-state index contributed by atoms with van der Waals surface area (Å²) in [6.45, 7) is 1.85. The van der Waals surface area contributed by atoms with E-state index in [1.165, 1.54) is 11.3 Å². The van der Waals surface area contributed by atoms with Crippen LogP contribution in [0.25, 0.3) is 0 Å². The van der Waals surface area contributed by atoms with Crippen molar-refractivity contribution in [3.05, 3.63) is 51.0 Å². The van der Waals surface area contributed by atoms with Gasteiger partial charge in [-0.3, -0.25) is 14.3 Å². The highest BCUT2D eigenvalue weighted by Crippen LogP contribution is 2.34. The van der Waals surface area contributed by atoms with Gasteiger partial charge in [0.25, 0.3) is 5.91 Å². The number of rotatable bonds is 8. The van der Waals surface area contributed by atoms with Gasteiger partial charge in [-0.25, -0.2) is 9.37 Å². The minimum Gasteiger partial charge on any atom is -0.474 e. The molecule has 0 bridgehead atoms. The number of hydrogen-bond donors (Lipinski definition) is 2. The molecule has 1 aliphatic heterocycles. The molecule has 1 saturated carbocycles. The number of hydrogen-bond acceptors (Lipinski definition) is 7. The van der Waals surface area contributed by atoms with Gasteiger partial charge < -0.3 is 20.3 Å². The van der Waals surface area contributed by atoms with Gasteiger partial charge in [0.05, 0.1) is 29.9 Å². The lowest BCUT2D eigenvalue weighted by Crippen LogP contribution is -2.44. The molecule has 9 nitrogen and oxygen atoms in total. The molecule has 3 aromatic rings. The Morgan fingerprint density at radius 3 is 2.95 bits per heavy atom. The number of pyridine rings is 1. The monoisotopic (exact) mass is 590 g/mol. The third-order valence-corrected chi connectivity index (χ3v) is 8.11. The first-order valence-electron chi connectivity index (χ1n) is 12.2. The summed E-state index contributed by atoms with van der Waals surface area (Å²) in [6.07, 6.45) is 6.12. The molecule has 2 amide bonds. The summed E-state index contributed by atoms with van der Waals surface area (Å²) in [5, 5.41) is 9.79. The van der Waals surface area contributed by atoms with E-state index in [9.17, 15) is 14.0 Å². The highest BCUT2D eigenvalue weighted by atomic mass is 79.9. The number of nitrogens with zero attached hydrogens (tertiary/aromatic N) is 4. The van der Waals surface area contributed by atoms with E-state index in [1.54, 1.807) is 36.4 Å². The molecular formula is C25H28BrFN6O3S. The van der Waals surface area contributed by atoms with Gasteiger partial charge in [0.2, 0.25) is 11.8 Å². The number of halogens is 2. The SMILES string of the molecule is Cn1cc(NC(=O)[C@H](C[C@@H]2CCC(F)C2)NC(=O)c2ccc(CN3CCOc4ncc(Br)cc43)s2)cn1. The van der Waals surface area contributed by atoms with E-state index in [4.69, 9.17) is 4.74 Å². The first-order chi connectivity index (χ1) is 17.8. The predicted octanol–water partition coefficient (Wildman–Crippen LogP) is 4.30. The van der Waals surface area contributed by atoms with Crippen molar-refractivity contribution >= 4 is 50.5 Å². The maximum absolute atomic E-state index is 13.8. The number of aromatic nitrogens is 3. The number of ether oxygens (including phenoxy) is 1. The van der Waals surface area contributed by atoms with E-state index in [0.29, 0.717) is 61.8 Å². The fraction of sp³-hybridized carbons (Fsp3) is 0.440. The average molecular weight is 592 g/mol. The van der Waals surface area contributed by atoms with Crippen molar-refractivity contribution in [2.45, 2.75) is 44.4 Å². The van der Waals surface area contributed by atoms with E-state index >= 15 is 0 Å². The van der Waals surface area contributed by atoms with Crippen molar-refractivity contribution in [1.29, 1.82) is 0 Å². The Morgan fingerprint density at radius 2 is 2.19 bits per heavy atom. The van der Waals surface area contributed by atoms with Gasteiger partial charge in [0.1, 0.15) is 24.5 Å². The molecule has 196 valence electrons. The fourth-order valence-corrected chi connectivity index (χ4v) is 6.05. The zero-order valence-electron chi connectivity index (χ0n) is 20.3. The Balaban J connectivity index is 1.26. The molecule has 0 aromatic carbocycles. The van der Waals surface area contributed by atoms with Gasteiger partial charge in [0, 0.05) is 28.8 Å². The Bertz CT molecular complexity index is 1280. The number of carbonyl (C=O) groups excluding carboxylic acids is 2. The minimum atomic E-state index is -0.844. The van der Waals surface area contributed by atoms with Crippen molar-refractivity contribution in [2.75, 3.05) is 23.4 Å². The van der Waals surface area contributed by atoms with Gasteiger partial charge in [0.15, 0.2) is 0 Å². The van der Waals surface area contributed by atoms with Gasteiger partial charge in [-0.2, -0.15) is 5.10 Å².